The van der Waals surface area contributed by atoms with Crippen LogP contribution in [0.4, 0.5) is 0 Å². The molecule has 18 heavy (non-hydrogen) atoms. The number of rotatable bonds is 4. The highest BCUT2D eigenvalue weighted by atomic mass is 14.7. The summed E-state index contributed by atoms with van der Waals surface area (Å²) in [5.41, 5.74) is 6.50. The molecule has 0 amide bonds. The zero-order valence-corrected chi connectivity index (χ0v) is 11.7. The summed E-state index contributed by atoms with van der Waals surface area (Å²) in [5.74, 6) is 6.35. The molecule has 102 valence electrons. The van der Waals surface area contributed by atoms with E-state index in [1.807, 2.05) is 0 Å². The Morgan fingerprint density at radius 1 is 0.722 bits per heavy atom. The molecule has 0 heterocycles. The van der Waals surface area contributed by atoms with E-state index in [1.165, 1.54) is 51.4 Å². The van der Waals surface area contributed by atoms with Crippen LogP contribution < -0.4 is 5.73 Å². The Hall–Kier alpha value is -0.0400. The summed E-state index contributed by atoms with van der Waals surface area (Å²) in [5, 5.41) is 0. The van der Waals surface area contributed by atoms with Crippen molar-refractivity contribution in [2.24, 2.45) is 41.2 Å². The highest BCUT2D eigenvalue weighted by molar-refractivity contribution is 4.94. The summed E-state index contributed by atoms with van der Waals surface area (Å²) >= 11 is 0. The van der Waals surface area contributed by atoms with Crippen LogP contribution in [0.1, 0.15) is 64.2 Å². The van der Waals surface area contributed by atoms with Crippen LogP contribution in [0.2, 0.25) is 0 Å². The largest absolute Gasteiger partial charge is 0.328 e. The van der Waals surface area contributed by atoms with Crippen LogP contribution in [-0.4, -0.2) is 6.04 Å². The molecule has 4 aliphatic rings. The van der Waals surface area contributed by atoms with E-state index in [1.54, 1.807) is 12.8 Å². The van der Waals surface area contributed by atoms with Crippen molar-refractivity contribution in [1.82, 2.24) is 0 Å². The second kappa shape index (κ2) is 4.51. The van der Waals surface area contributed by atoms with Gasteiger partial charge in [0.05, 0.1) is 0 Å². The maximum absolute atomic E-state index is 6.50. The van der Waals surface area contributed by atoms with E-state index in [0.29, 0.717) is 6.04 Å². The molecule has 0 aliphatic heterocycles. The van der Waals surface area contributed by atoms with Gasteiger partial charge in [0.2, 0.25) is 0 Å². The van der Waals surface area contributed by atoms with Crippen LogP contribution in [0.3, 0.4) is 0 Å². The molecule has 6 atom stereocenters. The molecule has 4 aliphatic carbocycles. The first-order valence-electron chi connectivity index (χ1n) is 8.53. The van der Waals surface area contributed by atoms with E-state index in [4.69, 9.17) is 5.73 Å². The Bertz CT molecular complexity index is 283. The average Bonchev–Trinajstić information content (AvgIpc) is 3.08. The first-order chi connectivity index (χ1) is 8.78. The van der Waals surface area contributed by atoms with Gasteiger partial charge in [0, 0.05) is 6.04 Å². The Morgan fingerprint density at radius 2 is 1.22 bits per heavy atom. The van der Waals surface area contributed by atoms with Gasteiger partial charge in [0.25, 0.3) is 0 Å². The van der Waals surface area contributed by atoms with Crippen LogP contribution in [0.15, 0.2) is 0 Å². The van der Waals surface area contributed by atoms with Gasteiger partial charge in [-0.05, 0) is 86.9 Å². The van der Waals surface area contributed by atoms with Gasteiger partial charge in [-0.25, -0.2) is 0 Å². The number of hydrogen-bond acceptors (Lipinski definition) is 1. The van der Waals surface area contributed by atoms with Crippen molar-refractivity contribution in [3.63, 3.8) is 0 Å². The quantitative estimate of drug-likeness (QED) is 0.799. The lowest BCUT2D eigenvalue weighted by Crippen LogP contribution is -2.29. The zero-order valence-electron chi connectivity index (χ0n) is 11.7. The molecule has 4 bridgehead atoms. The fourth-order valence-electron chi connectivity index (χ4n) is 6.20. The molecule has 0 aromatic rings. The zero-order chi connectivity index (χ0) is 12.1. The summed E-state index contributed by atoms with van der Waals surface area (Å²) in [6.07, 6.45) is 15.0. The molecule has 0 spiro atoms. The summed E-state index contributed by atoms with van der Waals surface area (Å²) in [6, 6.07) is 0.527. The topological polar surface area (TPSA) is 26.0 Å². The van der Waals surface area contributed by atoms with Crippen LogP contribution >= 0.6 is 0 Å². The minimum Gasteiger partial charge on any atom is -0.328 e. The molecular formula is C17H29N. The molecule has 4 fully saturated rings. The van der Waals surface area contributed by atoms with Gasteiger partial charge in [-0.3, -0.25) is 0 Å². The van der Waals surface area contributed by atoms with Crippen molar-refractivity contribution in [2.75, 3.05) is 0 Å². The molecule has 6 unspecified atom stereocenters. The summed E-state index contributed by atoms with van der Waals surface area (Å²) < 4.78 is 0. The predicted molar refractivity (Wildman–Crippen MR) is 75.1 cm³/mol. The Labute approximate surface area is 112 Å². The van der Waals surface area contributed by atoms with Gasteiger partial charge < -0.3 is 5.73 Å². The Kier molecular flexibility index (Phi) is 2.94. The van der Waals surface area contributed by atoms with Gasteiger partial charge in [-0.1, -0.05) is 12.8 Å². The predicted octanol–water partition coefficient (Wildman–Crippen LogP) is 3.97. The maximum atomic E-state index is 6.50. The maximum Gasteiger partial charge on any atom is 0.00443 e. The highest BCUT2D eigenvalue weighted by Gasteiger charge is 2.42. The molecule has 0 radical (unpaired) electrons. The number of hydrogen-bond donors (Lipinski definition) is 1. The lowest BCUT2D eigenvalue weighted by atomic mass is 9.79. The molecule has 4 saturated carbocycles. The SMILES string of the molecule is NC(CC1CC2CCC1C2)CC1CC2CCC1C2. The van der Waals surface area contributed by atoms with E-state index < -0.39 is 0 Å². The second-order valence-electron chi connectivity index (χ2n) is 8.10. The van der Waals surface area contributed by atoms with Crippen molar-refractivity contribution in [3.8, 4) is 0 Å². The summed E-state index contributed by atoms with van der Waals surface area (Å²) in [6.45, 7) is 0. The van der Waals surface area contributed by atoms with Crippen molar-refractivity contribution in [2.45, 2.75) is 70.3 Å². The van der Waals surface area contributed by atoms with Crippen molar-refractivity contribution >= 4 is 0 Å². The van der Waals surface area contributed by atoms with Crippen LogP contribution in [-0.2, 0) is 0 Å². The van der Waals surface area contributed by atoms with Crippen molar-refractivity contribution < 1.29 is 0 Å². The van der Waals surface area contributed by atoms with E-state index in [9.17, 15) is 0 Å². The van der Waals surface area contributed by atoms with Gasteiger partial charge >= 0.3 is 0 Å². The minimum absolute atomic E-state index is 0.527. The third-order valence-electron chi connectivity index (χ3n) is 6.98. The standard InChI is InChI=1S/C17H29N/c18-17(9-15-7-11-1-3-13(15)5-11)10-16-8-12-2-4-14(16)6-12/h11-17H,1-10,18H2. The van der Waals surface area contributed by atoms with E-state index in [-0.39, 0.29) is 0 Å². The molecule has 4 rings (SSSR count). The van der Waals surface area contributed by atoms with Crippen molar-refractivity contribution in [1.29, 1.82) is 0 Å². The first kappa shape index (κ1) is 11.8. The van der Waals surface area contributed by atoms with Crippen LogP contribution in [0.5, 0.6) is 0 Å². The Morgan fingerprint density at radius 3 is 1.56 bits per heavy atom. The van der Waals surface area contributed by atoms with E-state index >= 15 is 0 Å². The molecule has 0 aromatic carbocycles. The number of nitrogens with two attached hydrogens (primary N) is 1. The summed E-state index contributed by atoms with van der Waals surface area (Å²) in [7, 11) is 0. The third kappa shape index (κ3) is 2.03. The normalized spacial score (nSPS) is 51.2. The van der Waals surface area contributed by atoms with Crippen LogP contribution in [0, 0.1) is 35.5 Å². The van der Waals surface area contributed by atoms with Gasteiger partial charge in [0.1, 0.15) is 0 Å². The van der Waals surface area contributed by atoms with E-state index in [0.717, 1.165) is 35.5 Å². The minimum atomic E-state index is 0.527. The monoisotopic (exact) mass is 247 g/mol. The van der Waals surface area contributed by atoms with Gasteiger partial charge in [0.15, 0.2) is 0 Å². The Balaban J connectivity index is 1.28. The molecule has 0 saturated heterocycles. The highest BCUT2D eigenvalue weighted by Crippen LogP contribution is 2.52. The molecule has 1 nitrogen and oxygen atoms in total. The van der Waals surface area contributed by atoms with Crippen LogP contribution in [0.25, 0.3) is 0 Å². The average molecular weight is 247 g/mol. The number of fused-ring (bicyclic) bond motifs is 4. The molecule has 0 aromatic heterocycles. The third-order valence-corrected chi connectivity index (χ3v) is 6.98. The molecule has 1 heteroatoms. The fourth-order valence-corrected chi connectivity index (χ4v) is 6.20. The van der Waals surface area contributed by atoms with Gasteiger partial charge in [-0.2, -0.15) is 0 Å². The molecular weight excluding hydrogens is 218 g/mol. The second-order valence-corrected chi connectivity index (χ2v) is 8.10. The lowest BCUT2D eigenvalue weighted by molar-refractivity contribution is 0.247. The lowest BCUT2D eigenvalue weighted by Gasteiger charge is -2.28. The molecule has 2 N–H and O–H groups in total. The van der Waals surface area contributed by atoms with Crippen molar-refractivity contribution in [3.05, 3.63) is 0 Å². The summed E-state index contributed by atoms with van der Waals surface area (Å²) in [4.78, 5) is 0. The van der Waals surface area contributed by atoms with E-state index in [2.05, 4.69) is 0 Å². The van der Waals surface area contributed by atoms with Gasteiger partial charge in [-0.15, -0.1) is 0 Å². The smallest absolute Gasteiger partial charge is 0.00443 e. The fraction of sp³-hybridized carbons (Fsp3) is 1.00. The first-order valence-corrected chi connectivity index (χ1v) is 8.53.